The van der Waals surface area contributed by atoms with Crippen molar-refractivity contribution in [1.82, 2.24) is 20.4 Å². The van der Waals surface area contributed by atoms with Crippen molar-refractivity contribution < 1.29 is 4.52 Å². The summed E-state index contributed by atoms with van der Waals surface area (Å²) in [6.45, 7) is 2.20. The summed E-state index contributed by atoms with van der Waals surface area (Å²) < 4.78 is 5.21. The smallest absolute Gasteiger partial charge is 0.246 e. The van der Waals surface area contributed by atoms with Crippen molar-refractivity contribution in [2.75, 3.05) is 20.1 Å². The lowest BCUT2D eigenvalue weighted by Gasteiger charge is -2.13. The Labute approximate surface area is 121 Å². The quantitative estimate of drug-likeness (QED) is 0.934. The topological polar surface area (TPSA) is 66.5 Å². The number of nitrogens with one attached hydrogen (secondary N) is 1. The molecule has 0 saturated carbocycles. The number of guanidine groups is 1. The molecule has 2 aromatic rings. The molecule has 1 aliphatic rings. The first kappa shape index (κ1) is 12.9. The maximum Gasteiger partial charge on any atom is 0.246 e. The lowest BCUT2D eigenvalue weighted by atomic mass is 10.2. The van der Waals surface area contributed by atoms with Gasteiger partial charge >= 0.3 is 0 Å². The van der Waals surface area contributed by atoms with Crippen LogP contribution in [0.4, 0.5) is 0 Å². The standard InChI is InChI=1S/C13H14ClN5O/c1-19-6-5-15-13(19)16-8-11-17-12(18-20-11)9-3-2-4-10(14)7-9/h2-4,7H,5-6,8H2,1H3,(H,15,16). The van der Waals surface area contributed by atoms with E-state index in [0.717, 1.165) is 24.6 Å². The zero-order valence-corrected chi connectivity index (χ0v) is 11.8. The van der Waals surface area contributed by atoms with Crippen LogP contribution >= 0.6 is 11.6 Å². The number of halogens is 1. The zero-order valence-electron chi connectivity index (χ0n) is 11.0. The Morgan fingerprint density at radius 3 is 3.10 bits per heavy atom. The van der Waals surface area contributed by atoms with Crippen LogP contribution in [0.25, 0.3) is 11.4 Å². The minimum atomic E-state index is 0.455. The number of benzene rings is 1. The van der Waals surface area contributed by atoms with Gasteiger partial charge in [0.15, 0.2) is 5.96 Å². The van der Waals surface area contributed by atoms with E-state index in [-0.39, 0.29) is 0 Å². The maximum atomic E-state index is 5.95. The Morgan fingerprint density at radius 2 is 2.35 bits per heavy atom. The lowest BCUT2D eigenvalue weighted by Crippen LogP contribution is -2.35. The molecule has 0 aliphatic carbocycles. The molecule has 0 bridgehead atoms. The Hall–Kier alpha value is -2.08. The highest BCUT2D eigenvalue weighted by Gasteiger charge is 2.14. The number of aliphatic imine (C=N–C) groups is 1. The van der Waals surface area contributed by atoms with Crippen LogP contribution < -0.4 is 5.32 Å². The summed E-state index contributed by atoms with van der Waals surface area (Å²) in [7, 11) is 1.99. The van der Waals surface area contributed by atoms with E-state index in [2.05, 4.69) is 20.4 Å². The predicted octanol–water partition coefficient (Wildman–Crippen LogP) is 1.78. The molecule has 7 heteroatoms. The number of aromatic nitrogens is 2. The van der Waals surface area contributed by atoms with Gasteiger partial charge in [0.25, 0.3) is 0 Å². The first-order valence-corrected chi connectivity index (χ1v) is 6.68. The molecule has 1 aromatic heterocycles. The molecule has 6 nitrogen and oxygen atoms in total. The molecule has 0 spiro atoms. The van der Waals surface area contributed by atoms with Gasteiger partial charge in [-0.2, -0.15) is 4.98 Å². The van der Waals surface area contributed by atoms with Gasteiger partial charge in [-0.15, -0.1) is 0 Å². The molecule has 0 amide bonds. The minimum Gasteiger partial charge on any atom is -0.347 e. The van der Waals surface area contributed by atoms with Crippen LogP contribution in [-0.2, 0) is 6.54 Å². The van der Waals surface area contributed by atoms with Crippen LogP contribution in [0.1, 0.15) is 5.89 Å². The van der Waals surface area contributed by atoms with Crippen molar-refractivity contribution in [2.45, 2.75) is 6.54 Å². The highest BCUT2D eigenvalue weighted by Crippen LogP contribution is 2.19. The van der Waals surface area contributed by atoms with Crippen molar-refractivity contribution >= 4 is 17.6 Å². The number of hydrogen-bond acceptors (Lipinski definition) is 6. The second-order valence-electron chi connectivity index (χ2n) is 4.50. The first-order chi connectivity index (χ1) is 9.72. The summed E-state index contributed by atoms with van der Waals surface area (Å²) >= 11 is 5.95. The molecule has 20 heavy (non-hydrogen) atoms. The molecular weight excluding hydrogens is 278 g/mol. The molecule has 0 saturated heterocycles. The third-order valence-electron chi connectivity index (χ3n) is 3.01. The molecular formula is C13H14ClN5O. The van der Waals surface area contributed by atoms with Gasteiger partial charge in [0, 0.05) is 24.2 Å². The average molecular weight is 292 g/mol. The average Bonchev–Trinajstić information content (AvgIpc) is 3.05. The molecule has 0 atom stereocenters. The maximum absolute atomic E-state index is 5.95. The number of rotatable bonds is 3. The van der Waals surface area contributed by atoms with Crippen molar-refractivity contribution in [3.8, 4) is 11.4 Å². The van der Waals surface area contributed by atoms with Crippen molar-refractivity contribution in [3.05, 3.63) is 35.2 Å². The van der Waals surface area contributed by atoms with Crippen molar-refractivity contribution in [3.63, 3.8) is 0 Å². The molecule has 2 heterocycles. The summed E-state index contributed by atoms with van der Waals surface area (Å²) in [4.78, 5) is 10.7. The van der Waals surface area contributed by atoms with E-state index in [0.29, 0.717) is 23.3 Å². The van der Waals surface area contributed by atoms with Crippen LogP contribution in [0, 0.1) is 0 Å². The highest BCUT2D eigenvalue weighted by molar-refractivity contribution is 6.30. The van der Waals surface area contributed by atoms with Gasteiger partial charge in [-0.3, -0.25) is 4.99 Å². The number of nitrogens with zero attached hydrogens (tertiary/aromatic N) is 4. The van der Waals surface area contributed by atoms with Crippen molar-refractivity contribution in [1.29, 1.82) is 0 Å². The highest BCUT2D eigenvalue weighted by atomic mass is 35.5. The van der Waals surface area contributed by atoms with Gasteiger partial charge in [-0.05, 0) is 12.1 Å². The molecule has 0 unspecified atom stereocenters. The lowest BCUT2D eigenvalue weighted by molar-refractivity contribution is 0.373. The van der Waals surface area contributed by atoms with Crippen LogP contribution in [0.15, 0.2) is 33.8 Å². The monoisotopic (exact) mass is 291 g/mol. The summed E-state index contributed by atoms with van der Waals surface area (Å²) in [6, 6.07) is 7.36. The van der Waals surface area contributed by atoms with Crippen LogP contribution in [0.3, 0.4) is 0 Å². The fourth-order valence-electron chi connectivity index (χ4n) is 1.95. The second-order valence-corrected chi connectivity index (χ2v) is 4.94. The van der Waals surface area contributed by atoms with E-state index in [1.807, 2.05) is 30.1 Å². The molecule has 3 rings (SSSR count). The predicted molar refractivity (Wildman–Crippen MR) is 76.5 cm³/mol. The summed E-state index contributed by atoms with van der Waals surface area (Å²) in [5.74, 6) is 1.90. The van der Waals surface area contributed by atoms with Crippen LogP contribution in [-0.4, -0.2) is 41.1 Å². The molecule has 0 radical (unpaired) electrons. The third-order valence-corrected chi connectivity index (χ3v) is 3.24. The van der Waals surface area contributed by atoms with Crippen molar-refractivity contribution in [2.24, 2.45) is 4.99 Å². The SMILES string of the molecule is CN1CCN=C1NCc1nc(-c2cccc(Cl)c2)no1. The van der Waals surface area contributed by atoms with Gasteiger partial charge in [-0.25, -0.2) is 0 Å². The van der Waals surface area contributed by atoms with Gasteiger partial charge < -0.3 is 14.7 Å². The Balaban J connectivity index is 1.68. The molecule has 104 valence electrons. The van der Waals surface area contributed by atoms with Gasteiger partial charge in [0.1, 0.15) is 0 Å². The van der Waals surface area contributed by atoms with E-state index in [4.69, 9.17) is 16.1 Å². The summed E-state index contributed by atoms with van der Waals surface area (Å²) in [5.41, 5.74) is 0.836. The van der Waals surface area contributed by atoms with E-state index < -0.39 is 0 Å². The molecule has 1 N–H and O–H groups in total. The van der Waals surface area contributed by atoms with Crippen LogP contribution in [0.2, 0.25) is 5.02 Å². The largest absolute Gasteiger partial charge is 0.347 e. The Kier molecular flexibility index (Phi) is 3.56. The van der Waals surface area contributed by atoms with Gasteiger partial charge in [0.2, 0.25) is 11.7 Å². The molecule has 1 aromatic carbocycles. The van der Waals surface area contributed by atoms with E-state index in [9.17, 15) is 0 Å². The minimum absolute atomic E-state index is 0.455. The first-order valence-electron chi connectivity index (χ1n) is 6.30. The normalized spacial score (nSPS) is 14.5. The van der Waals surface area contributed by atoms with E-state index in [1.54, 1.807) is 6.07 Å². The zero-order chi connectivity index (χ0) is 13.9. The number of hydrogen-bond donors (Lipinski definition) is 1. The van der Waals surface area contributed by atoms with Gasteiger partial charge in [0.05, 0.1) is 13.1 Å². The second kappa shape index (κ2) is 5.50. The van der Waals surface area contributed by atoms with Crippen LogP contribution in [0.5, 0.6) is 0 Å². The molecule has 0 fully saturated rings. The molecule has 1 aliphatic heterocycles. The van der Waals surface area contributed by atoms with E-state index >= 15 is 0 Å². The summed E-state index contributed by atoms with van der Waals surface area (Å²) in [5, 5.41) is 7.78. The summed E-state index contributed by atoms with van der Waals surface area (Å²) in [6.07, 6.45) is 0. The Morgan fingerprint density at radius 1 is 1.45 bits per heavy atom. The van der Waals surface area contributed by atoms with Gasteiger partial charge in [-0.1, -0.05) is 28.9 Å². The fraction of sp³-hybridized carbons (Fsp3) is 0.308. The van der Waals surface area contributed by atoms with E-state index in [1.165, 1.54) is 0 Å². The Bertz CT molecular complexity index is 639. The third kappa shape index (κ3) is 2.75. The fourth-order valence-corrected chi connectivity index (χ4v) is 2.14. The number of likely N-dealkylation sites (N-methyl/N-ethyl adjacent to an activating group) is 1.